The maximum atomic E-state index is 12.5. The van der Waals surface area contributed by atoms with Crippen LogP contribution in [0.15, 0.2) is 47.4 Å². The number of anilines is 1. The molecule has 3 rings (SSSR count). The number of rotatable bonds is 4. The fourth-order valence-corrected chi connectivity index (χ4v) is 3.36. The van der Waals surface area contributed by atoms with Crippen LogP contribution in [0, 0.1) is 10.1 Å². The second kappa shape index (κ2) is 5.76. The van der Waals surface area contributed by atoms with Crippen molar-refractivity contribution >= 4 is 21.4 Å². The van der Waals surface area contributed by atoms with Crippen molar-refractivity contribution in [3.05, 3.63) is 52.6 Å². The molecule has 120 valence electrons. The molecule has 1 heterocycles. The van der Waals surface area contributed by atoms with E-state index in [4.69, 9.17) is 9.47 Å². The molecule has 1 N–H and O–H groups in total. The zero-order chi connectivity index (χ0) is 16.4. The SMILES string of the molecule is O=[N+]([O-])c1cc2c(cc1S(=O)(=O)Nc1ccccc1)OCCO2. The smallest absolute Gasteiger partial charge is 0.293 e. The van der Waals surface area contributed by atoms with Gasteiger partial charge in [-0.1, -0.05) is 18.2 Å². The number of fused-ring (bicyclic) bond motifs is 1. The molecule has 0 amide bonds. The molecule has 0 atom stereocenters. The number of hydrogen-bond acceptors (Lipinski definition) is 6. The number of benzene rings is 2. The molecule has 2 aromatic rings. The second-order valence-corrected chi connectivity index (χ2v) is 6.34. The molecule has 0 aliphatic carbocycles. The monoisotopic (exact) mass is 336 g/mol. The fourth-order valence-electron chi connectivity index (χ4n) is 2.13. The predicted octanol–water partition coefficient (Wildman–Crippen LogP) is 2.17. The van der Waals surface area contributed by atoms with Gasteiger partial charge in [0.1, 0.15) is 13.2 Å². The van der Waals surface area contributed by atoms with Gasteiger partial charge >= 0.3 is 0 Å². The third-order valence-corrected chi connectivity index (χ3v) is 4.55. The van der Waals surface area contributed by atoms with Crippen LogP contribution < -0.4 is 14.2 Å². The van der Waals surface area contributed by atoms with E-state index in [2.05, 4.69) is 4.72 Å². The molecule has 1 aliphatic heterocycles. The van der Waals surface area contributed by atoms with E-state index in [1.54, 1.807) is 30.3 Å². The Morgan fingerprint density at radius 3 is 2.26 bits per heavy atom. The number of nitrogens with zero attached hydrogens (tertiary/aromatic N) is 1. The molecule has 0 fully saturated rings. The molecule has 0 unspecified atom stereocenters. The maximum Gasteiger partial charge on any atom is 0.293 e. The van der Waals surface area contributed by atoms with E-state index in [1.807, 2.05) is 0 Å². The lowest BCUT2D eigenvalue weighted by Crippen LogP contribution is -2.18. The number of hydrogen-bond donors (Lipinski definition) is 1. The van der Waals surface area contributed by atoms with Gasteiger partial charge in [0.05, 0.1) is 11.0 Å². The highest BCUT2D eigenvalue weighted by molar-refractivity contribution is 7.92. The highest BCUT2D eigenvalue weighted by atomic mass is 32.2. The summed E-state index contributed by atoms with van der Waals surface area (Å²) in [6.45, 7) is 0.495. The minimum absolute atomic E-state index is 0.154. The third-order valence-electron chi connectivity index (χ3n) is 3.14. The van der Waals surface area contributed by atoms with E-state index in [-0.39, 0.29) is 24.7 Å². The van der Waals surface area contributed by atoms with Crippen LogP contribution in [0.1, 0.15) is 0 Å². The van der Waals surface area contributed by atoms with Crippen molar-refractivity contribution in [2.75, 3.05) is 17.9 Å². The number of nitro groups is 1. The average molecular weight is 336 g/mol. The molecular weight excluding hydrogens is 324 g/mol. The summed E-state index contributed by atoms with van der Waals surface area (Å²) in [7, 11) is -4.15. The molecule has 0 saturated carbocycles. The van der Waals surface area contributed by atoms with Crippen LogP contribution in [-0.2, 0) is 10.0 Å². The largest absolute Gasteiger partial charge is 0.486 e. The first-order valence-electron chi connectivity index (χ1n) is 6.63. The first-order chi connectivity index (χ1) is 11.0. The van der Waals surface area contributed by atoms with E-state index in [9.17, 15) is 18.5 Å². The van der Waals surface area contributed by atoms with E-state index in [0.29, 0.717) is 5.69 Å². The van der Waals surface area contributed by atoms with Crippen LogP contribution in [0.2, 0.25) is 0 Å². The Morgan fingerprint density at radius 2 is 1.65 bits per heavy atom. The van der Waals surface area contributed by atoms with Gasteiger partial charge in [0.15, 0.2) is 16.4 Å². The van der Waals surface area contributed by atoms with Crippen LogP contribution >= 0.6 is 0 Å². The molecule has 9 heteroatoms. The Hall–Kier alpha value is -2.81. The average Bonchev–Trinajstić information content (AvgIpc) is 2.54. The summed E-state index contributed by atoms with van der Waals surface area (Å²) >= 11 is 0. The van der Waals surface area contributed by atoms with Crippen molar-refractivity contribution in [2.24, 2.45) is 0 Å². The summed E-state index contributed by atoms with van der Waals surface area (Å²) in [6, 6.07) is 10.3. The van der Waals surface area contributed by atoms with Crippen LogP contribution in [0.5, 0.6) is 11.5 Å². The van der Waals surface area contributed by atoms with Crippen LogP contribution in [0.3, 0.4) is 0 Å². The van der Waals surface area contributed by atoms with Crippen LogP contribution in [0.4, 0.5) is 11.4 Å². The Labute approximate surface area is 131 Å². The lowest BCUT2D eigenvalue weighted by molar-refractivity contribution is -0.387. The zero-order valence-corrected chi connectivity index (χ0v) is 12.6. The summed E-state index contributed by atoms with van der Waals surface area (Å²) < 4.78 is 37.9. The molecule has 0 aromatic heterocycles. The van der Waals surface area contributed by atoms with Gasteiger partial charge in [-0.2, -0.15) is 0 Å². The van der Waals surface area contributed by atoms with Gasteiger partial charge in [0.25, 0.3) is 15.7 Å². The minimum atomic E-state index is -4.15. The topological polar surface area (TPSA) is 108 Å². The number of nitrogens with one attached hydrogen (secondary N) is 1. The van der Waals surface area contributed by atoms with Gasteiger partial charge < -0.3 is 9.47 Å². The molecule has 0 saturated heterocycles. The van der Waals surface area contributed by atoms with Crippen LogP contribution in [-0.4, -0.2) is 26.6 Å². The van der Waals surface area contributed by atoms with Crippen molar-refractivity contribution < 1.29 is 22.8 Å². The molecule has 0 radical (unpaired) electrons. The normalized spacial score (nSPS) is 13.4. The molecule has 8 nitrogen and oxygen atoms in total. The molecule has 0 bridgehead atoms. The highest BCUT2D eigenvalue weighted by Gasteiger charge is 2.30. The van der Waals surface area contributed by atoms with Gasteiger partial charge in [0.2, 0.25) is 0 Å². The minimum Gasteiger partial charge on any atom is -0.486 e. The summed E-state index contributed by atoms with van der Waals surface area (Å²) in [6.07, 6.45) is 0. The lowest BCUT2D eigenvalue weighted by Gasteiger charge is -2.19. The Kier molecular flexibility index (Phi) is 3.78. The fraction of sp³-hybridized carbons (Fsp3) is 0.143. The van der Waals surface area contributed by atoms with Crippen molar-refractivity contribution in [3.63, 3.8) is 0 Å². The molecule has 1 aliphatic rings. The highest BCUT2D eigenvalue weighted by Crippen LogP contribution is 2.39. The van der Waals surface area contributed by atoms with Crippen molar-refractivity contribution in [3.8, 4) is 11.5 Å². The molecular formula is C14H12N2O6S. The van der Waals surface area contributed by atoms with Gasteiger partial charge in [0, 0.05) is 11.8 Å². The quantitative estimate of drug-likeness (QED) is 0.677. The first-order valence-corrected chi connectivity index (χ1v) is 8.11. The van der Waals surface area contributed by atoms with Crippen LogP contribution in [0.25, 0.3) is 0 Å². The number of para-hydroxylation sites is 1. The molecule has 0 spiro atoms. The van der Waals surface area contributed by atoms with Crippen molar-refractivity contribution in [2.45, 2.75) is 4.90 Å². The second-order valence-electron chi connectivity index (χ2n) is 4.69. The lowest BCUT2D eigenvalue weighted by atomic mass is 10.2. The van der Waals surface area contributed by atoms with E-state index < -0.39 is 25.5 Å². The maximum absolute atomic E-state index is 12.5. The van der Waals surface area contributed by atoms with Crippen molar-refractivity contribution in [1.82, 2.24) is 0 Å². The predicted molar refractivity (Wildman–Crippen MR) is 81.3 cm³/mol. The van der Waals surface area contributed by atoms with Gasteiger partial charge in [-0.05, 0) is 12.1 Å². The standard InChI is InChI=1S/C14H12N2O6S/c17-16(18)11-8-12-13(22-7-6-21-12)9-14(11)23(19,20)15-10-4-2-1-3-5-10/h1-5,8-9,15H,6-7H2. The molecule has 23 heavy (non-hydrogen) atoms. The Bertz CT molecular complexity index is 851. The number of ether oxygens (including phenoxy) is 2. The molecule has 2 aromatic carbocycles. The van der Waals surface area contributed by atoms with E-state index in [0.717, 1.165) is 12.1 Å². The summed E-state index contributed by atoms with van der Waals surface area (Å²) in [5.74, 6) is 0.317. The summed E-state index contributed by atoms with van der Waals surface area (Å²) in [4.78, 5) is 9.98. The number of nitro benzene ring substituents is 1. The van der Waals surface area contributed by atoms with E-state index in [1.165, 1.54) is 0 Å². The van der Waals surface area contributed by atoms with Gasteiger partial charge in [-0.25, -0.2) is 8.42 Å². The van der Waals surface area contributed by atoms with E-state index >= 15 is 0 Å². The summed E-state index contributed by atoms with van der Waals surface area (Å²) in [5.41, 5.74) is -0.269. The van der Waals surface area contributed by atoms with Gasteiger partial charge in [-0.3, -0.25) is 14.8 Å². The number of sulfonamides is 1. The Morgan fingerprint density at radius 1 is 1.04 bits per heavy atom. The van der Waals surface area contributed by atoms with Crippen molar-refractivity contribution in [1.29, 1.82) is 0 Å². The zero-order valence-electron chi connectivity index (χ0n) is 11.8. The Balaban J connectivity index is 2.08. The third kappa shape index (κ3) is 3.04. The first kappa shape index (κ1) is 15.1. The summed E-state index contributed by atoms with van der Waals surface area (Å²) in [5, 5.41) is 11.2. The van der Waals surface area contributed by atoms with Gasteiger partial charge in [-0.15, -0.1) is 0 Å².